The van der Waals surface area contributed by atoms with Crippen molar-refractivity contribution in [1.82, 2.24) is 0 Å². The summed E-state index contributed by atoms with van der Waals surface area (Å²) in [4.78, 5) is 0.331. The molecule has 0 aliphatic heterocycles. The quantitative estimate of drug-likeness (QED) is 0.258. The molecule has 6 N–H and O–H groups in total. The second kappa shape index (κ2) is 12.8. The van der Waals surface area contributed by atoms with Gasteiger partial charge in [0.1, 0.15) is 0 Å². The van der Waals surface area contributed by atoms with E-state index in [0.29, 0.717) is 4.90 Å². The van der Waals surface area contributed by atoms with Gasteiger partial charge in [0.2, 0.25) is 0 Å². The molecule has 0 saturated heterocycles. The molecule has 0 heterocycles. The summed E-state index contributed by atoms with van der Waals surface area (Å²) in [5, 5.41) is 0.889. The molecule has 11 heteroatoms. The molecule has 0 amide bonds. The summed E-state index contributed by atoms with van der Waals surface area (Å²) >= 11 is 32.6. The van der Waals surface area contributed by atoms with E-state index in [2.05, 4.69) is 12.6 Å². The Morgan fingerprint density at radius 3 is 1.00 bits per heavy atom. The minimum absolute atomic E-state index is 0. The maximum absolute atomic E-state index is 5.72. The molecule has 1 radical (unpaired) electrons. The van der Waals surface area contributed by atoms with E-state index in [0.717, 1.165) is 0 Å². The topological polar surface area (TPSA) is 94.5 Å². The third-order valence-corrected chi connectivity index (χ3v) is 4.17. The van der Waals surface area contributed by atoms with Gasteiger partial charge in [-0.05, 0) is 0 Å². The van der Waals surface area contributed by atoms with Crippen LogP contribution in [0, 0.1) is 0 Å². The first-order chi connectivity index (χ1) is 5.46. The van der Waals surface area contributed by atoms with E-state index in [4.69, 9.17) is 58.0 Å². The molecule has 0 aliphatic carbocycles. The molecule has 0 fully saturated rings. The minimum Gasteiger partial charge on any atom is -0.412 e. The maximum Gasteiger partial charge on any atom is 0.0809 e. The molecular weight excluding hydrogens is 468 g/mol. The summed E-state index contributed by atoms with van der Waals surface area (Å²) in [6, 6.07) is 0. The van der Waals surface area contributed by atoms with Gasteiger partial charge in [-0.2, -0.15) is 0 Å². The number of hydrogen-bond donors (Lipinski definition) is 1. The van der Waals surface area contributed by atoms with E-state index >= 15 is 0 Å². The molecule has 0 saturated carbocycles. The van der Waals surface area contributed by atoms with Crippen LogP contribution in [0.25, 0.3) is 0 Å². The number of benzene rings is 1. The van der Waals surface area contributed by atoms with E-state index in [1.807, 2.05) is 0 Å². The van der Waals surface area contributed by atoms with Crippen LogP contribution in [0.4, 0.5) is 0 Å². The van der Waals surface area contributed by atoms with Crippen molar-refractivity contribution in [3.05, 3.63) is 25.1 Å². The van der Waals surface area contributed by atoms with E-state index in [-0.39, 0.29) is 73.4 Å². The van der Waals surface area contributed by atoms with Crippen LogP contribution in [-0.4, -0.2) is 16.4 Å². The summed E-state index contributed by atoms with van der Waals surface area (Å²) in [6.07, 6.45) is 0. The Kier molecular flexibility index (Phi) is 23.6. The molecule has 0 atom stereocenters. The Balaban J connectivity index is -0.0000000960. The molecule has 0 aliphatic rings. The van der Waals surface area contributed by atoms with Crippen molar-refractivity contribution in [3.63, 3.8) is 0 Å². The Morgan fingerprint density at radius 2 is 0.765 bits per heavy atom. The number of thiol groups is 1. The molecule has 3 nitrogen and oxygen atoms in total. The molecule has 107 valence electrons. The maximum atomic E-state index is 5.72. The van der Waals surface area contributed by atoms with Gasteiger partial charge in [-0.15, -0.1) is 25.0 Å². The summed E-state index contributed by atoms with van der Waals surface area (Å²) in [6.45, 7) is 0. The van der Waals surface area contributed by atoms with Crippen molar-refractivity contribution < 1.29 is 35.9 Å². The Hall–Kier alpha value is 1.81. The normalized spacial score (nSPS) is 7.41. The summed E-state index contributed by atoms with van der Waals surface area (Å²) < 4.78 is 0. The molecule has 17 heavy (non-hydrogen) atoms. The van der Waals surface area contributed by atoms with Gasteiger partial charge in [-0.25, -0.2) is 0 Å². The Morgan fingerprint density at radius 1 is 0.588 bits per heavy atom. The number of halogens is 6. The molecule has 0 unspecified atom stereocenters. The standard InChI is InChI=1S/C6HCl5S.ClH.3H2O.Rh/c7-1-2(8)4(10)6(12)5(11)3(1)9;;;;;/h12H;1H;3*1H2;. The van der Waals surface area contributed by atoms with E-state index < -0.39 is 0 Å². The average molecular weight is 476 g/mol. The van der Waals surface area contributed by atoms with Crippen molar-refractivity contribution in [2.75, 3.05) is 0 Å². The fraction of sp³-hybridized carbons (Fsp3) is 0. The Bertz CT molecular complexity index is 248. The van der Waals surface area contributed by atoms with Crippen molar-refractivity contribution in [3.8, 4) is 0 Å². The van der Waals surface area contributed by atoms with Crippen LogP contribution in [0.1, 0.15) is 0 Å². The molecule has 0 aromatic heterocycles. The zero-order chi connectivity index (χ0) is 9.46. The van der Waals surface area contributed by atoms with Crippen LogP contribution < -0.4 is 0 Å². The van der Waals surface area contributed by atoms with Gasteiger partial charge < -0.3 is 16.4 Å². The van der Waals surface area contributed by atoms with Crippen LogP contribution in [0.15, 0.2) is 4.90 Å². The first kappa shape index (κ1) is 31.3. The smallest absolute Gasteiger partial charge is 0.0809 e. The monoisotopic (exact) mass is 473 g/mol. The van der Waals surface area contributed by atoms with Crippen molar-refractivity contribution in [1.29, 1.82) is 0 Å². The summed E-state index contributed by atoms with van der Waals surface area (Å²) in [7, 11) is 0. The molecular formula is C6H8Cl6O3RhS. The molecule has 0 bridgehead atoms. The van der Waals surface area contributed by atoms with E-state index in [9.17, 15) is 0 Å². The van der Waals surface area contributed by atoms with Crippen molar-refractivity contribution in [2.45, 2.75) is 4.90 Å². The minimum atomic E-state index is 0. The molecule has 1 rings (SSSR count). The zero-order valence-corrected chi connectivity index (χ0v) is 14.7. The summed E-state index contributed by atoms with van der Waals surface area (Å²) in [5.41, 5.74) is 0. The first-order valence-corrected chi connectivity index (χ1v) is 5.01. The largest absolute Gasteiger partial charge is 0.412 e. The second-order valence-corrected chi connectivity index (χ2v) is 4.26. The fourth-order valence-electron chi connectivity index (χ4n) is 0.593. The third kappa shape index (κ3) is 6.69. The SMILES string of the molecule is Cl.O.O.O.Sc1c(Cl)c(Cl)c(Cl)c(Cl)c1Cl.[Rh]. The van der Waals surface area contributed by atoms with Gasteiger partial charge in [-0.1, -0.05) is 58.0 Å². The first-order valence-electron chi connectivity index (χ1n) is 2.67. The van der Waals surface area contributed by atoms with Crippen LogP contribution in [0.5, 0.6) is 0 Å². The second-order valence-electron chi connectivity index (χ2n) is 1.92. The van der Waals surface area contributed by atoms with Crippen LogP contribution in [0.2, 0.25) is 25.1 Å². The van der Waals surface area contributed by atoms with Crippen LogP contribution in [0.3, 0.4) is 0 Å². The van der Waals surface area contributed by atoms with Gasteiger partial charge in [-0.3, -0.25) is 0 Å². The van der Waals surface area contributed by atoms with Crippen LogP contribution in [-0.2, 0) is 19.5 Å². The fourth-order valence-corrected chi connectivity index (χ4v) is 2.09. The van der Waals surface area contributed by atoms with Crippen molar-refractivity contribution >= 4 is 83.0 Å². The predicted molar refractivity (Wildman–Crippen MR) is 76.8 cm³/mol. The van der Waals surface area contributed by atoms with Crippen molar-refractivity contribution in [2.24, 2.45) is 0 Å². The molecule has 1 aromatic carbocycles. The van der Waals surface area contributed by atoms with Gasteiger partial charge >= 0.3 is 0 Å². The number of hydrogen-bond acceptors (Lipinski definition) is 1. The van der Waals surface area contributed by atoms with Crippen LogP contribution >= 0.6 is 83.0 Å². The third-order valence-electron chi connectivity index (χ3n) is 1.19. The van der Waals surface area contributed by atoms with E-state index in [1.165, 1.54) is 0 Å². The van der Waals surface area contributed by atoms with Gasteiger partial charge in [0.15, 0.2) is 0 Å². The summed E-state index contributed by atoms with van der Waals surface area (Å²) in [5.74, 6) is 0. The van der Waals surface area contributed by atoms with Gasteiger partial charge in [0.05, 0.1) is 25.1 Å². The van der Waals surface area contributed by atoms with E-state index in [1.54, 1.807) is 0 Å². The number of rotatable bonds is 0. The molecule has 1 aromatic rings. The van der Waals surface area contributed by atoms with Gasteiger partial charge in [0, 0.05) is 24.4 Å². The van der Waals surface area contributed by atoms with Gasteiger partial charge in [0.25, 0.3) is 0 Å². The zero-order valence-electron chi connectivity index (χ0n) is 7.58. The molecule has 0 spiro atoms. The Labute approximate surface area is 148 Å². The average Bonchev–Trinajstić information content (AvgIpc) is 2.08. The predicted octanol–water partition coefficient (Wildman–Crippen LogP) is 3.19.